The minimum atomic E-state index is -0.677. The number of barbiturate groups is 1. The molecule has 2 N–H and O–H groups in total. The average Bonchev–Trinajstić information content (AvgIpc) is 2.92. The third-order valence-electron chi connectivity index (χ3n) is 4.09. The maximum atomic E-state index is 12.3. The summed E-state index contributed by atoms with van der Waals surface area (Å²) in [5, 5.41) is 0.763. The molecule has 0 radical (unpaired) electrons. The van der Waals surface area contributed by atoms with Crippen molar-refractivity contribution >= 4 is 40.7 Å². The van der Waals surface area contributed by atoms with Crippen molar-refractivity contribution in [1.82, 2.24) is 14.4 Å². The van der Waals surface area contributed by atoms with Gasteiger partial charge in [-0.3, -0.25) is 24.2 Å². The molecule has 0 aliphatic carbocycles. The molecule has 2 heterocycles. The highest BCUT2D eigenvalue weighted by Gasteiger charge is 2.37. The predicted molar refractivity (Wildman–Crippen MR) is 90.0 cm³/mol. The zero-order valence-electron chi connectivity index (χ0n) is 13.7. The van der Waals surface area contributed by atoms with Crippen LogP contribution in [0, 0.1) is 0 Å². The molecule has 1 aliphatic rings. The smallest absolute Gasteiger partial charge is 0.333 e. The third kappa shape index (κ3) is 2.67. The minimum Gasteiger partial charge on any atom is -0.368 e. The van der Waals surface area contributed by atoms with Gasteiger partial charge in [0.1, 0.15) is 12.1 Å². The van der Waals surface area contributed by atoms with Gasteiger partial charge in [0.25, 0.3) is 11.8 Å². The summed E-state index contributed by atoms with van der Waals surface area (Å²) in [6.45, 7) is -0.0239. The molecule has 128 valence electrons. The summed E-state index contributed by atoms with van der Waals surface area (Å²) in [5.74, 6) is -1.84. The second kappa shape index (κ2) is 5.90. The Balaban J connectivity index is 2.15. The lowest BCUT2D eigenvalue weighted by atomic mass is 10.1. The van der Waals surface area contributed by atoms with Crippen LogP contribution in [-0.2, 0) is 20.9 Å². The Kier molecular flexibility index (Phi) is 3.88. The first-order valence-corrected chi connectivity index (χ1v) is 7.49. The van der Waals surface area contributed by atoms with E-state index in [4.69, 9.17) is 5.73 Å². The molecule has 0 saturated carbocycles. The molecule has 5 amide bonds. The molecule has 8 nitrogen and oxygen atoms in total. The molecule has 1 aliphatic heterocycles. The topological polar surface area (TPSA) is 106 Å². The number of hydrogen-bond acceptors (Lipinski definition) is 4. The fourth-order valence-electron chi connectivity index (χ4n) is 2.82. The van der Waals surface area contributed by atoms with Crippen LogP contribution in [-0.4, -0.2) is 52.2 Å². The molecule has 1 aromatic heterocycles. The number of carbonyl (C=O) groups excluding carboxylic acids is 4. The minimum absolute atomic E-state index is 0.0239. The number of carbonyl (C=O) groups is 4. The number of para-hydroxylation sites is 1. The van der Waals surface area contributed by atoms with Crippen LogP contribution in [0.3, 0.4) is 0 Å². The van der Waals surface area contributed by atoms with Crippen LogP contribution in [0.25, 0.3) is 17.0 Å². The molecule has 3 rings (SSSR count). The van der Waals surface area contributed by atoms with Crippen LogP contribution in [0.4, 0.5) is 4.79 Å². The highest BCUT2D eigenvalue weighted by Crippen LogP contribution is 2.25. The van der Waals surface area contributed by atoms with Crippen molar-refractivity contribution in [2.45, 2.75) is 6.54 Å². The van der Waals surface area contributed by atoms with E-state index < -0.39 is 23.8 Å². The highest BCUT2D eigenvalue weighted by molar-refractivity contribution is 6.31. The summed E-state index contributed by atoms with van der Waals surface area (Å²) in [6, 6.07) is 6.57. The normalized spacial score (nSPS) is 15.3. The molecule has 0 bridgehead atoms. The molecule has 1 fully saturated rings. The van der Waals surface area contributed by atoms with Gasteiger partial charge in [0, 0.05) is 36.8 Å². The van der Waals surface area contributed by atoms with Gasteiger partial charge in [-0.25, -0.2) is 4.79 Å². The number of nitrogens with two attached hydrogens (primary N) is 1. The Morgan fingerprint density at radius 2 is 1.68 bits per heavy atom. The van der Waals surface area contributed by atoms with Gasteiger partial charge in [-0.2, -0.15) is 0 Å². The first-order valence-electron chi connectivity index (χ1n) is 7.49. The first kappa shape index (κ1) is 16.4. The number of fused-ring (bicyclic) bond motifs is 1. The summed E-state index contributed by atoms with van der Waals surface area (Å²) < 4.78 is 1.65. The van der Waals surface area contributed by atoms with Gasteiger partial charge in [-0.1, -0.05) is 18.2 Å². The summed E-state index contributed by atoms with van der Waals surface area (Å²) in [7, 11) is 2.63. The average molecular weight is 340 g/mol. The quantitative estimate of drug-likeness (QED) is 0.651. The van der Waals surface area contributed by atoms with Crippen molar-refractivity contribution in [2.75, 3.05) is 14.1 Å². The van der Waals surface area contributed by atoms with Crippen molar-refractivity contribution in [3.63, 3.8) is 0 Å². The number of imide groups is 2. The zero-order valence-corrected chi connectivity index (χ0v) is 13.7. The molecule has 0 atom stereocenters. The maximum absolute atomic E-state index is 12.3. The first-order chi connectivity index (χ1) is 11.8. The molecule has 0 spiro atoms. The van der Waals surface area contributed by atoms with Gasteiger partial charge in [-0.05, 0) is 12.1 Å². The Hall–Kier alpha value is -3.42. The second-order valence-corrected chi connectivity index (χ2v) is 5.76. The number of likely N-dealkylation sites (N-methyl/N-ethyl adjacent to an activating group) is 2. The monoisotopic (exact) mass is 340 g/mol. The molecular formula is C17H16N4O4. The van der Waals surface area contributed by atoms with E-state index in [1.54, 1.807) is 10.8 Å². The fraction of sp³-hybridized carbons (Fsp3) is 0.176. The number of nitrogens with zero attached hydrogens (tertiary/aromatic N) is 3. The molecule has 2 aromatic rings. The Bertz CT molecular complexity index is 931. The van der Waals surface area contributed by atoms with Crippen molar-refractivity contribution in [3.05, 3.63) is 41.6 Å². The van der Waals surface area contributed by atoms with E-state index in [2.05, 4.69) is 0 Å². The summed E-state index contributed by atoms with van der Waals surface area (Å²) in [6.07, 6.45) is 3.09. The fourth-order valence-corrected chi connectivity index (χ4v) is 2.82. The summed E-state index contributed by atoms with van der Waals surface area (Å²) >= 11 is 0. The van der Waals surface area contributed by atoms with Crippen LogP contribution in [0.1, 0.15) is 5.56 Å². The van der Waals surface area contributed by atoms with E-state index in [0.29, 0.717) is 5.56 Å². The number of benzene rings is 1. The molecule has 25 heavy (non-hydrogen) atoms. The lowest BCUT2D eigenvalue weighted by Crippen LogP contribution is -2.52. The Labute approximate surface area is 143 Å². The van der Waals surface area contributed by atoms with Gasteiger partial charge in [0.05, 0.1) is 0 Å². The lowest BCUT2D eigenvalue weighted by Gasteiger charge is -2.28. The zero-order chi connectivity index (χ0) is 18.3. The van der Waals surface area contributed by atoms with Gasteiger partial charge < -0.3 is 10.3 Å². The third-order valence-corrected chi connectivity index (χ3v) is 4.09. The van der Waals surface area contributed by atoms with Crippen molar-refractivity contribution in [2.24, 2.45) is 5.73 Å². The molecule has 1 aromatic carbocycles. The van der Waals surface area contributed by atoms with Gasteiger partial charge in [0.2, 0.25) is 5.91 Å². The van der Waals surface area contributed by atoms with Crippen molar-refractivity contribution in [3.8, 4) is 0 Å². The standard InChI is InChI=1S/C17H16N4O4/c1-19-15(23)12(16(24)20(2)17(19)25)7-10-8-21(9-14(18)22)13-6-4-3-5-11(10)13/h3-8H,9H2,1-2H3,(H2,18,22). The molecular weight excluding hydrogens is 324 g/mol. The van der Waals surface area contributed by atoms with Crippen LogP contribution < -0.4 is 5.73 Å². The second-order valence-electron chi connectivity index (χ2n) is 5.76. The number of primary amides is 1. The highest BCUT2D eigenvalue weighted by atomic mass is 16.2. The number of aromatic nitrogens is 1. The van der Waals surface area contributed by atoms with E-state index in [0.717, 1.165) is 20.7 Å². The largest absolute Gasteiger partial charge is 0.368 e. The van der Waals surface area contributed by atoms with E-state index in [1.807, 2.05) is 24.3 Å². The van der Waals surface area contributed by atoms with Gasteiger partial charge >= 0.3 is 6.03 Å². The summed E-state index contributed by atoms with van der Waals surface area (Å²) in [5.41, 5.74) is 6.49. The van der Waals surface area contributed by atoms with E-state index in [9.17, 15) is 19.2 Å². The maximum Gasteiger partial charge on any atom is 0.333 e. The van der Waals surface area contributed by atoms with E-state index in [-0.39, 0.29) is 12.1 Å². The van der Waals surface area contributed by atoms with Gasteiger partial charge in [-0.15, -0.1) is 0 Å². The molecule has 1 saturated heterocycles. The lowest BCUT2D eigenvalue weighted by molar-refractivity contribution is -0.134. The van der Waals surface area contributed by atoms with E-state index in [1.165, 1.54) is 20.2 Å². The SMILES string of the molecule is CN1C(=O)C(=Cc2cn(CC(N)=O)c3ccccc23)C(=O)N(C)C1=O. The van der Waals surface area contributed by atoms with Crippen LogP contribution in [0.15, 0.2) is 36.0 Å². The van der Waals surface area contributed by atoms with Gasteiger partial charge in [0.15, 0.2) is 0 Å². The van der Waals surface area contributed by atoms with Crippen molar-refractivity contribution < 1.29 is 19.2 Å². The summed E-state index contributed by atoms with van der Waals surface area (Å²) in [4.78, 5) is 49.5. The van der Waals surface area contributed by atoms with E-state index >= 15 is 0 Å². The molecule has 0 unspecified atom stereocenters. The number of hydrogen-bond donors (Lipinski definition) is 1. The predicted octanol–water partition coefficient (Wildman–Crippen LogP) is 0.560. The Morgan fingerprint density at radius 1 is 1.08 bits per heavy atom. The number of rotatable bonds is 3. The van der Waals surface area contributed by atoms with Crippen LogP contribution in [0.2, 0.25) is 0 Å². The Morgan fingerprint density at radius 3 is 2.28 bits per heavy atom. The van der Waals surface area contributed by atoms with Crippen molar-refractivity contribution in [1.29, 1.82) is 0 Å². The van der Waals surface area contributed by atoms with Crippen LogP contribution >= 0.6 is 0 Å². The number of amides is 5. The number of urea groups is 1. The van der Waals surface area contributed by atoms with Crippen LogP contribution in [0.5, 0.6) is 0 Å². The molecule has 8 heteroatoms.